The van der Waals surface area contributed by atoms with E-state index in [0.29, 0.717) is 0 Å². The summed E-state index contributed by atoms with van der Waals surface area (Å²) in [6, 6.07) is 10.6. The average Bonchev–Trinajstić information content (AvgIpc) is 2.74. The molecule has 0 aliphatic rings. The number of benzene rings is 1. The van der Waals surface area contributed by atoms with E-state index in [1.807, 2.05) is 11.8 Å². The lowest BCUT2D eigenvalue weighted by molar-refractivity contribution is 0.891. The van der Waals surface area contributed by atoms with Gasteiger partial charge in [0.15, 0.2) is 0 Å². The number of hydrogen-bond acceptors (Lipinski definition) is 1. The fourth-order valence-corrected chi connectivity index (χ4v) is 4.34. The number of hydrogen-bond donors (Lipinski definition) is 0. The third-order valence-electron chi connectivity index (χ3n) is 5.61. The van der Waals surface area contributed by atoms with Gasteiger partial charge in [-0.2, -0.15) is 0 Å². The molecule has 0 N–H and O–H groups in total. The van der Waals surface area contributed by atoms with Crippen molar-refractivity contribution in [3.8, 4) is 0 Å². The van der Waals surface area contributed by atoms with Gasteiger partial charge >= 0.3 is 0 Å². The van der Waals surface area contributed by atoms with E-state index in [4.69, 9.17) is 0 Å². The van der Waals surface area contributed by atoms with E-state index < -0.39 is 0 Å². The van der Waals surface area contributed by atoms with Crippen LogP contribution in [0.15, 0.2) is 93.5 Å². The second kappa shape index (κ2) is 17.8. The topological polar surface area (TPSA) is 0 Å². The van der Waals surface area contributed by atoms with Crippen molar-refractivity contribution in [2.45, 2.75) is 97.8 Å². The first-order valence-corrected chi connectivity index (χ1v) is 13.3. The Bertz CT molecular complexity index is 783. The van der Waals surface area contributed by atoms with Gasteiger partial charge in [-0.3, -0.25) is 0 Å². The average molecular weight is 451 g/mol. The minimum atomic E-state index is 1.06. The van der Waals surface area contributed by atoms with Crippen molar-refractivity contribution in [1.82, 2.24) is 0 Å². The molecule has 0 nitrogen and oxygen atoms in total. The summed E-state index contributed by atoms with van der Waals surface area (Å²) in [4.78, 5) is 1.35. The molecule has 32 heavy (non-hydrogen) atoms. The van der Waals surface area contributed by atoms with E-state index in [-0.39, 0.29) is 0 Å². The highest BCUT2D eigenvalue weighted by Gasteiger charge is 1.95. The minimum absolute atomic E-state index is 1.06. The molecule has 0 bridgehead atoms. The Hall–Kier alpha value is -1.73. The SMILES string of the molecule is CC(C)=CCC/C(C)=C/CC/C(C)=C/CC/C(C)=C/CC/C(C)=C/CSc1ccccc1. The lowest BCUT2D eigenvalue weighted by atomic mass is 10.0. The molecule has 0 aromatic heterocycles. The first-order valence-electron chi connectivity index (χ1n) is 12.3. The number of allylic oxidation sites excluding steroid dienone is 9. The van der Waals surface area contributed by atoms with Crippen LogP contribution in [-0.2, 0) is 0 Å². The predicted octanol–water partition coefficient (Wildman–Crippen LogP) is 10.7. The van der Waals surface area contributed by atoms with Gasteiger partial charge in [-0.15, -0.1) is 11.8 Å². The Morgan fingerprint density at radius 2 is 0.969 bits per heavy atom. The van der Waals surface area contributed by atoms with Gasteiger partial charge in [0.25, 0.3) is 0 Å². The van der Waals surface area contributed by atoms with Crippen LogP contribution in [0.2, 0.25) is 0 Å². The van der Waals surface area contributed by atoms with Gasteiger partial charge in [0, 0.05) is 10.6 Å². The van der Waals surface area contributed by atoms with Gasteiger partial charge in [0.05, 0.1) is 0 Å². The predicted molar refractivity (Wildman–Crippen MR) is 149 cm³/mol. The van der Waals surface area contributed by atoms with Crippen LogP contribution in [0.4, 0.5) is 0 Å². The summed E-state index contributed by atoms with van der Waals surface area (Å²) in [5, 5.41) is 0. The molecule has 0 fully saturated rings. The highest BCUT2D eigenvalue weighted by Crippen LogP contribution is 2.19. The van der Waals surface area contributed by atoms with Gasteiger partial charge in [-0.05, 0) is 105 Å². The maximum absolute atomic E-state index is 2.44. The van der Waals surface area contributed by atoms with Crippen molar-refractivity contribution >= 4 is 11.8 Å². The zero-order valence-electron chi connectivity index (χ0n) is 21.5. The molecular formula is C31H46S. The molecule has 1 aromatic rings. The highest BCUT2D eigenvalue weighted by molar-refractivity contribution is 7.99. The fraction of sp³-hybridized carbons (Fsp3) is 0.484. The van der Waals surface area contributed by atoms with Crippen LogP contribution in [0.25, 0.3) is 0 Å². The van der Waals surface area contributed by atoms with Gasteiger partial charge in [0.1, 0.15) is 0 Å². The summed E-state index contributed by atoms with van der Waals surface area (Å²) in [6.07, 6.45) is 21.4. The maximum Gasteiger partial charge on any atom is 0.0163 e. The summed E-state index contributed by atoms with van der Waals surface area (Å²) in [6.45, 7) is 13.5. The molecule has 0 saturated carbocycles. The molecule has 0 atom stereocenters. The Balaban J connectivity index is 2.20. The third-order valence-corrected chi connectivity index (χ3v) is 6.55. The molecule has 1 heteroatoms. The van der Waals surface area contributed by atoms with Crippen LogP contribution >= 0.6 is 11.8 Å². The molecule has 0 radical (unpaired) electrons. The number of thioether (sulfide) groups is 1. The largest absolute Gasteiger partial charge is 0.122 e. The molecule has 0 heterocycles. The van der Waals surface area contributed by atoms with Gasteiger partial charge in [0.2, 0.25) is 0 Å². The smallest absolute Gasteiger partial charge is 0.0163 e. The van der Waals surface area contributed by atoms with E-state index in [9.17, 15) is 0 Å². The number of rotatable bonds is 15. The standard InChI is InChI=1S/C31H46S/c1-26(2)14-10-15-27(3)16-11-17-28(4)18-12-19-29(5)20-13-21-30(6)24-25-32-31-22-8-7-9-23-31/h7-9,14,16,18,20,22-24H,10-13,15,17,19,21,25H2,1-6H3/b27-16+,28-18+,29-20+,30-24+. The van der Waals surface area contributed by atoms with Crippen molar-refractivity contribution in [3.63, 3.8) is 0 Å². The summed E-state index contributed by atoms with van der Waals surface area (Å²) in [7, 11) is 0. The Kier molecular flexibility index (Phi) is 15.7. The second-order valence-electron chi connectivity index (χ2n) is 9.26. The summed E-state index contributed by atoms with van der Waals surface area (Å²) >= 11 is 1.91. The van der Waals surface area contributed by atoms with Crippen molar-refractivity contribution in [3.05, 3.63) is 88.6 Å². The third kappa shape index (κ3) is 16.0. The first-order chi connectivity index (χ1) is 15.4. The molecule has 0 amide bonds. The van der Waals surface area contributed by atoms with E-state index >= 15 is 0 Å². The molecule has 0 aliphatic heterocycles. The van der Waals surface area contributed by atoms with E-state index in [0.717, 1.165) is 12.2 Å². The van der Waals surface area contributed by atoms with Gasteiger partial charge < -0.3 is 0 Å². The zero-order chi connectivity index (χ0) is 23.6. The van der Waals surface area contributed by atoms with Crippen LogP contribution in [-0.4, -0.2) is 5.75 Å². The van der Waals surface area contributed by atoms with E-state index in [1.165, 1.54) is 77.7 Å². The molecule has 0 aliphatic carbocycles. The highest BCUT2D eigenvalue weighted by atomic mass is 32.2. The van der Waals surface area contributed by atoms with Crippen LogP contribution in [0.3, 0.4) is 0 Å². The fourth-order valence-electron chi connectivity index (χ4n) is 3.43. The molecule has 0 unspecified atom stereocenters. The van der Waals surface area contributed by atoms with Crippen LogP contribution in [0, 0.1) is 0 Å². The van der Waals surface area contributed by atoms with Crippen molar-refractivity contribution in [2.75, 3.05) is 5.75 Å². The quantitative estimate of drug-likeness (QED) is 0.189. The zero-order valence-corrected chi connectivity index (χ0v) is 22.4. The molecule has 1 rings (SSSR count). The molecular weight excluding hydrogens is 404 g/mol. The van der Waals surface area contributed by atoms with E-state index in [2.05, 4.69) is 102 Å². The second-order valence-corrected chi connectivity index (χ2v) is 10.4. The Morgan fingerprint density at radius 3 is 1.41 bits per heavy atom. The normalized spacial score (nSPS) is 13.4. The summed E-state index contributed by atoms with van der Waals surface area (Å²) < 4.78 is 0. The van der Waals surface area contributed by atoms with Crippen molar-refractivity contribution in [2.24, 2.45) is 0 Å². The summed E-state index contributed by atoms with van der Waals surface area (Å²) in [5.74, 6) is 1.06. The molecule has 0 spiro atoms. The molecule has 176 valence electrons. The first kappa shape index (κ1) is 28.3. The van der Waals surface area contributed by atoms with Crippen LogP contribution < -0.4 is 0 Å². The summed E-state index contributed by atoms with van der Waals surface area (Å²) in [5.41, 5.74) is 7.50. The van der Waals surface area contributed by atoms with E-state index in [1.54, 1.807) is 0 Å². The maximum atomic E-state index is 2.44. The molecule has 1 aromatic carbocycles. The monoisotopic (exact) mass is 450 g/mol. The van der Waals surface area contributed by atoms with Crippen molar-refractivity contribution in [1.29, 1.82) is 0 Å². The lowest BCUT2D eigenvalue weighted by Gasteiger charge is -2.03. The Morgan fingerprint density at radius 1 is 0.562 bits per heavy atom. The molecule has 0 saturated heterocycles. The van der Waals surface area contributed by atoms with Gasteiger partial charge in [-0.25, -0.2) is 0 Å². The lowest BCUT2D eigenvalue weighted by Crippen LogP contribution is -1.83. The Labute approximate surface area is 203 Å². The van der Waals surface area contributed by atoms with Crippen LogP contribution in [0.1, 0.15) is 92.9 Å². The van der Waals surface area contributed by atoms with Crippen molar-refractivity contribution < 1.29 is 0 Å². The van der Waals surface area contributed by atoms with Crippen LogP contribution in [0.5, 0.6) is 0 Å². The minimum Gasteiger partial charge on any atom is -0.122 e. The van der Waals surface area contributed by atoms with Gasteiger partial charge in [-0.1, -0.05) is 76.4 Å².